The van der Waals surface area contributed by atoms with Crippen LogP contribution in [0.25, 0.3) is 77.8 Å². The van der Waals surface area contributed by atoms with E-state index in [0.29, 0.717) is 56.5 Å². The van der Waals surface area contributed by atoms with E-state index in [1.165, 1.54) is 30.6 Å². The summed E-state index contributed by atoms with van der Waals surface area (Å²) in [5.74, 6) is 0. The molecule has 3 aromatic heterocycles. The Labute approximate surface area is 391 Å². The molecule has 0 atom stereocenters. The molecule has 0 aliphatic carbocycles. The Hall–Kier alpha value is -6.44. The molecule has 0 amide bonds. The third-order valence-electron chi connectivity index (χ3n) is 10.0. The third-order valence-corrected chi connectivity index (χ3v) is 10.0. The standard InChI is InChI=1S/C37H31N2O.C19H16N.Ir/c1-23-18-25(20-37(3,4)5)14-15-27(23)32-19-34(39-22-24(32)2)31-13-9-12-29-30-17-16-28(26-10-7-6-8-11-26)33(21-38)36(30)40-35(29)31;1-14-8-11-19(20-13-14)17-10-9-15(2)18(12-17)16-6-4-3-5-7-16;/h6-12,14-19,22H,20H2,1-5H3;3-9,11-13H,1-2H3;/q2*-1;/i1D3,2D3,15D;1D3,2D3;. The Bertz CT molecular complexity index is 3530. The molecule has 9 rings (SSSR count). The van der Waals surface area contributed by atoms with E-state index >= 15 is 0 Å². The number of rotatable bonds is 6. The summed E-state index contributed by atoms with van der Waals surface area (Å²) in [5.41, 5.74) is 6.71. The number of furan rings is 1. The molecular weight excluding hydrogens is 923 g/mol. The molecule has 3 heterocycles. The van der Waals surface area contributed by atoms with Crippen LogP contribution < -0.4 is 0 Å². The number of nitriles is 1. The van der Waals surface area contributed by atoms with Gasteiger partial charge in [-0.25, -0.2) is 0 Å². The molecule has 0 bridgehead atoms. The van der Waals surface area contributed by atoms with E-state index in [1.807, 2.05) is 99.6 Å². The summed E-state index contributed by atoms with van der Waals surface area (Å²) in [6.07, 6.45) is 3.07. The summed E-state index contributed by atoms with van der Waals surface area (Å²) in [7, 11) is 0. The van der Waals surface area contributed by atoms with Gasteiger partial charge in [-0.2, -0.15) is 5.26 Å². The average Bonchev–Trinajstić information content (AvgIpc) is 3.71. The van der Waals surface area contributed by atoms with Gasteiger partial charge in [0.15, 0.2) is 0 Å². The second-order valence-electron chi connectivity index (χ2n) is 15.7. The minimum absolute atomic E-state index is 0. The Kier molecular flexibility index (Phi) is 8.55. The number of aromatic nitrogens is 2. The van der Waals surface area contributed by atoms with Crippen LogP contribution in [0.4, 0.5) is 0 Å². The summed E-state index contributed by atoms with van der Waals surface area (Å²) < 4.78 is 111. The van der Waals surface area contributed by atoms with Gasteiger partial charge in [-0.15, -0.1) is 47.5 Å². The van der Waals surface area contributed by atoms with E-state index in [2.05, 4.69) is 28.2 Å². The van der Waals surface area contributed by atoms with Crippen molar-refractivity contribution in [2.75, 3.05) is 0 Å². The van der Waals surface area contributed by atoms with Crippen LogP contribution in [0.15, 0.2) is 150 Å². The SMILES string of the molecule is [2H]C([2H])([2H])c1ccc(-c2[c-]cc(C([2H])([2H])[2H])c(-c3ccccc3)c2)nc1.[2H]c1cc(CC(C)(C)C)cc(C([2H])([2H])[2H])c1-c1cc(-c2[c-]ccc3c2oc2c(C#N)c(-c4ccccc4)ccc23)ncc1C([2H])([2H])[2H].[Ir]. The Morgan fingerprint density at radius 2 is 1.39 bits per heavy atom. The molecule has 0 aliphatic heterocycles. The molecule has 0 spiro atoms. The van der Waals surface area contributed by atoms with Gasteiger partial charge in [0, 0.05) is 59.9 Å². The maximum atomic E-state index is 10.2. The minimum atomic E-state index is -2.64. The van der Waals surface area contributed by atoms with Crippen LogP contribution in [0.1, 0.15) is 72.0 Å². The molecule has 0 aliphatic rings. The number of nitrogens with zero attached hydrogens (tertiary/aromatic N) is 3. The zero-order chi connectivity index (χ0) is 52.8. The number of pyridine rings is 2. The molecule has 4 nitrogen and oxygen atoms in total. The van der Waals surface area contributed by atoms with E-state index < -0.39 is 27.4 Å². The smallest absolute Gasteiger partial charge is 0.139 e. The first-order valence-corrected chi connectivity index (χ1v) is 19.3. The molecule has 6 aromatic carbocycles. The van der Waals surface area contributed by atoms with Gasteiger partial charge in [0.1, 0.15) is 17.2 Å². The number of benzene rings is 6. The predicted molar refractivity (Wildman–Crippen MR) is 247 cm³/mol. The summed E-state index contributed by atoms with van der Waals surface area (Å²) >= 11 is 0. The van der Waals surface area contributed by atoms with Crippen molar-refractivity contribution in [3.63, 3.8) is 0 Å². The zero-order valence-corrected chi connectivity index (χ0v) is 36.0. The Balaban J connectivity index is 0.000000251. The molecular formula is C56H47IrN3O-2. The van der Waals surface area contributed by atoms with Crippen LogP contribution in [-0.4, -0.2) is 9.97 Å². The first-order chi connectivity index (χ1) is 34.2. The van der Waals surface area contributed by atoms with Gasteiger partial charge in [0.25, 0.3) is 0 Å². The molecule has 1 radical (unpaired) electrons. The molecule has 0 saturated heterocycles. The van der Waals surface area contributed by atoms with E-state index in [4.69, 9.17) is 22.2 Å². The van der Waals surface area contributed by atoms with Crippen molar-refractivity contribution < 1.29 is 42.3 Å². The molecule has 303 valence electrons. The van der Waals surface area contributed by atoms with Crippen LogP contribution >= 0.6 is 0 Å². The van der Waals surface area contributed by atoms with E-state index in [9.17, 15) is 5.26 Å². The van der Waals surface area contributed by atoms with Crippen molar-refractivity contribution in [2.24, 2.45) is 5.41 Å². The zero-order valence-electron chi connectivity index (χ0n) is 46.6. The summed E-state index contributed by atoms with van der Waals surface area (Å²) in [4.78, 5) is 8.71. The summed E-state index contributed by atoms with van der Waals surface area (Å²) in [6, 6.07) is 45.4. The largest absolute Gasteiger partial charge is 0.499 e. The number of hydrogen-bond donors (Lipinski definition) is 0. The van der Waals surface area contributed by atoms with Gasteiger partial charge in [-0.3, -0.25) is 0 Å². The minimum Gasteiger partial charge on any atom is -0.499 e. The van der Waals surface area contributed by atoms with Gasteiger partial charge in [-0.05, 0) is 88.3 Å². The second-order valence-corrected chi connectivity index (χ2v) is 15.7. The van der Waals surface area contributed by atoms with E-state index in [0.717, 1.165) is 22.1 Å². The number of aryl methyl sites for hydroxylation is 4. The summed E-state index contributed by atoms with van der Waals surface area (Å²) in [6.45, 7) is -3.66. The molecule has 0 saturated carbocycles. The Morgan fingerprint density at radius 3 is 2.07 bits per heavy atom. The topological polar surface area (TPSA) is 62.7 Å². The molecule has 61 heavy (non-hydrogen) atoms. The van der Waals surface area contributed by atoms with Crippen molar-refractivity contribution in [3.8, 4) is 62.0 Å². The van der Waals surface area contributed by atoms with Gasteiger partial charge in [-0.1, -0.05) is 153 Å². The van der Waals surface area contributed by atoms with Crippen LogP contribution in [0.5, 0.6) is 0 Å². The normalized spacial score (nSPS) is 15.1. The maximum absolute atomic E-state index is 10.2. The van der Waals surface area contributed by atoms with Crippen molar-refractivity contribution in [1.29, 1.82) is 5.26 Å². The first kappa shape index (κ1) is 28.9. The van der Waals surface area contributed by atoms with E-state index in [-0.39, 0.29) is 70.6 Å². The van der Waals surface area contributed by atoms with Gasteiger partial charge >= 0.3 is 0 Å². The monoisotopic (exact) mass is 983 g/mol. The molecule has 0 N–H and O–H groups in total. The molecule has 0 fully saturated rings. The van der Waals surface area contributed by atoms with Gasteiger partial charge < -0.3 is 14.4 Å². The van der Waals surface area contributed by atoms with Crippen LogP contribution in [0.3, 0.4) is 0 Å². The quantitative estimate of drug-likeness (QED) is 0.156. The van der Waals surface area contributed by atoms with Crippen molar-refractivity contribution >= 4 is 21.9 Å². The molecule has 5 heteroatoms. The van der Waals surface area contributed by atoms with Crippen LogP contribution in [0.2, 0.25) is 0 Å². The van der Waals surface area contributed by atoms with E-state index in [1.54, 1.807) is 30.3 Å². The van der Waals surface area contributed by atoms with Gasteiger partial charge in [0.05, 0.1) is 6.95 Å². The first-order valence-electron chi connectivity index (χ1n) is 25.8. The fraction of sp³-hybridized carbons (Fsp3) is 0.161. The third kappa shape index (κ3) is 9.18. The fourth-order valence-corrected chi connectivity index (χ4v) is 7.29. The van der Waals surface area contributed by atoms with Crippen molar-refractivity contribution in [3.05, 3.63) is 191 Å². The van der Waals surface area contributed by atoms with Crippen molar-refractivity contribution in [1.82, 2.24) is 9.97 Å². The number of fused-ring (bicyclic) bond motifs is 3. The maximum Gasteiger partial charge on any atom is 0.139 e. The van der Waals surface area contributed by atoms with Crippen LogP contribution in [0, 0.1) is 56.3 Å². The molecule has 0 unspecified atom stereocenters. The fourth-order valence-electron chi connectivity index (χ4n) is 7.29. The Morgan fingerprint density at radius 1 is 0.672 bits per heavy atom. The molecule has 9 aromatic rings. The summed E-state index contributed by atoms with van der Waals surface area (Å²) in [5, 5.41) is 11.6. The van der Waals surface area contributed by atoms with Gasteiger partial charge in [0.2, 0.25) is 0 Å². The predicted octanol–water partition coefficient (Wildman–Crippen LogP) is 14.7. The average molecular weight is 983 g/mol. The van der Waals surface area contributed by atoms with Crippen LogP contribution in [-0.2, 0) is 26.5 Å². The second kappa shape index (κ2) is 18.0. The van der Waals surface area contributed by atoms with Crippen molar-refractivity contribution in [2.45, 2.75) is 54.6 Å². The number of hydrogen-bond acceptors (Lipinski definition) is 4.